The maximum atomic E-state index is 4.49. The van der Waals surface area contributed by atoms with Gasteiger partial charge in [0.2, 0.25) is 0 Å². The van der Waals surface area contributed by atoms with Gasteiger partial charge in [-0.1, -0.05) is 19.1 Å². The molecule has 0 fully saturated rings. The number of aliphatic imine (C=N–C) groups is 2. The third kappa shape index (κ3) is 8.60. The van der Waals surface area contributed by atoms with Gasteiger partial charge in [0.25, 0.3) is 0 Å². The zero-order valence-corrected chi connectivity index (χ0v) is 15.5. The van der Waals surface area contributed by atoms with Crippen LogP contribution in [0.2, 0.25) is 0 Å². The second-order valence-corrected chi connectivity index (χ2v) is 5.77. The molecule has 0 saturated carbocycles. The summed E-state index contributed by atoms with van der Waals surface area (Å²) in [7, 11) is 0. The first-order valence-corrected chi connectivity index (χ1v) is 9.13. The number of aromatic nitrogens is 2. The number of rotatable bonds is 12. The minimum Gasteiger partial charge on any atom is -0.316 e. The molecule has 6 heteroatoms. The molecule has 0 atom stereocenters. The molecular weight excluding hydrogens is 324 g/mol. The third-order valence-corrected chi connectivity index (χ3v) is 3.77. The SMILES string of the molecule is CCNCCN(CCN=Cc1ccccn1)CCN=Cc1ccccn1. The smallest absolute Gasteiger partial charge is 0.0807 e. The van der Waals surface area contributed by atoms with Crippen molar-refractivity contribution in [3.05, 3.63) is 60.2 Å². The Morgan fingerprint density at radius 3 is 1.92 bits per heavy atom. The summed E-state index contributed by atoms with van der Waals surface area (Å²) in [5.74, 6) is 0. The minimum absolute atomic E-state index is 0.757. The van der Waals surface area contributed by atoms with Gasteiger partial charge in [-0.3, -0.25) is 24.9 Å². The maximum absolute atomic E-state index is 4.49. The highest BCUT2D eigenvalue weighted by atomic mass is 15.2. The van der Waals surface area contributed by atoms with Crippen molar-refractivity contribution in [1.29, 1.82) is 0 Å². The van der Waals surface area contributed by atoms with Crippen molar-refractivity contribution in [2.45, 2.75) is 6.92 Å². The minimum atomic E-state index is 0.757. The van der Waals surface area contributed by atoms with Crippen LogP contribution in [0.4, 0.5) is 0 Å². The largest absolute Gasteiger partial charge is 0.316 e. The van der Waals surface area contributed by atoms with E-state index in [0.29, 0.717) is 0 Å². The van der Waals surface area contributed by atoms with Gasteiger partial charge in [0.1, 0.15) is 0 Å². The molecule has 2 heterocycles. The van der Waals surface area contributed by atoms with E-state index in [0.717, 1.165) is 57.2 Å². The molecule has 6 nitrogen and oxygen atoms in total. The molecule has 0 aromatic carbocycles. The van der Waals surface area contributed by atoms with Crippen molar-refractivity contribution in [3.63, 3.8) is 0 Å². The number of hydrogen-bond acceptors (Lipinski definition) is 6. The van der Waals surface area contributed by atoms with Crippen LogP contribution in [-0.2, 0) is 0 Å². The van der Waals surface area contributed by atoms with Crippen LogP contribution in [0.1, 0.15) is 18.3 Å². The fourth-order valence-electron chi connectivity index (χ4n) is 2.37. The topological polar surface area (TPSA) is 65.8 Å². The first kappa shape index (κ1) is 19.9. The van der Waals surface area contributed by atoms with Crippen LogP contribution < -0.4 is 5.32 Å². The van der Waals surface area contributed by atoms with Crippen molar-refractivity contribution < 1.29 is 0 Å². The van der Waals surface area contributed by atoms with Crippen molar-refractivity contribution in [2.75, 3.05) is 45.8 Å². The summed E-state index contributed by atoms with van der Waals surface area (Å²) in [5, 5.41) is 3.37. The lowest BCUT2D eigenvalue weighted by Gasteiger charge is -2.20. The summed E-state index contributed by atoms with van der Waals surface area (Å²) in [4.78, 5) is 19.9. The zero-order valence-electron chi connectivity index (χ0n) is 15.5. The number of likely N-dealkylation sites (N-methyl/N-ethyl adjacent to an activating group) is 1. The second kappa shape index (κ2) is 12.9. The number of nitrogens with one attached hydrogen (secondary N) is 1. The van der Waals surface area contributed by atoms with Gasteiger partial charge in [0, 0.05) is 51.0 Å². The van der Waals surface area contributed by atoms with Crippen molar-refractivity contribution in [1.82, 2.24) is 20.2 Å². The number of hydrogen-bond donors (Lipinski definition) is 1. The molecular formula is C20H28N6. The number of pyridine rings is 2. The summed E-state index contributed by atoms with van der Waals surface area (Å²) >= 11 is 0. The van der Waals surface area contributed by atoms with Crippen LogP contribution in [0.3, 0.4) is 0 Å². The molecule has 26 heavy (non-hydrogen) atoms. The Morgan fingerprint density at radius 1 is 0.885 bits per heavy atom. The van der Waals surface area contributed by atoms with Crippen molar-refractivity contribution >= 4 is 12.4 Å². The molecule has 1 N–H and O–H groups in total. The Hall–Kier alpha value is -2.44. The van der Waals surface area contributed by atoms with E-state index in [1.165, 1.54) is 0 Å². The van der Waals surface area contributed by atoms with Gasteiger partial charge in [-0.05, 0) is 30.8 Å². The average Bonchev–Trinajstić information content (AvgIpc) is 2.69. The van der Waals surface area contributed by atoms with E-state index in [-0.39, 0.29) is 0 Å². The number of nitrogens with zero attached hydrogens (tertiary/aromatic N) is 5. The van der Waals surface area contributed by atoms with E-state index in [1.807, 2.05) is 48.8 Å². The van der Waals surface area contributed by atoms with Crippen molar-refractivity contribution in [2.24, 2.45) is 9.98 Å². The van der Waals surface area contributed by atoms with E-state index < -0.39 is 0 Å². The van der Waals surface area contributed by atoms with E-state index >= 15 is 0 Å². The molecule has 0 aliphatic rings. The van der Waals surface area contributed by atoms with Crippen LogP contribution in [0.25, 0.3) is 0 Å². The van der Waals surface area contributed by atoms with Gasteiger partial charge in [0.15, 0.2) is 0 Å². The molecule has 0 bridgehead atoms. The molecule has 2 rings (SSSR count). The Labute approximate surface area is 156 Å². The fraction of sp³-hybridized carbons (Fsp3) is 0.400. The maximum Gasteiger partial charge on any atom is 0.0807 e. The lowest BCUT2D eigenvalue weighted by Crippen LogP contribution is -2.35. The highest BCUT2D eigenvalue weighted by molar-refractivity contribution is 5.77. The average molecular weight is 352 g/mol. The third-order valence-electron chi connectivity index (χ3n) is 3.77. The monoisotopic (exact) mass is 352 g/mol. The first-order valence-electron chi connectivity index (χ1n) is 9.13. The quantitative estimate of drug-likeness (QED) is 0.468. The molecule has 0 aliphatic heterocycles. The van der Waals surface area contributed by atoms with Gasteiger partial charge in [-0.2, -0.15) is 0 Å². The normalized spacial score (nSPS) is 11.8. The van der Waals surface area contributed by atoms with Crippen LogP contribution >= 0.6 is 0 Å². The highest BCUT2D eigenvalue weighted by Gasteiger charge is 2.03. The molecule has 0 amide bonds. The van der Waals surface area contributed by atoms with Gasteiger partial charge in [-0.15, -0.1) is 0 Å². The summed E-state index contributed by atoms with van der Waals surface area (Å²) in [5.41, 5.74) is 1.79. The Balaban J connectivity index is 1.75. The predicted molar refractivity (Wildman–Crippen MR) is 108 cm³/mol. The Kier molecular flexibility index (Phi) is 9.83. The van der Waals surface area contributed by atoms with E-state index in [2.05, 4.69) is 37.1 Å². The summed E-state index contributed by atoms with van der Waals surface area (Å²) < 4.78 is 0. The lowest BCUT2D eigenvalue weighted by atomic mass is 10.4. The zero-order chi connectivity index (χ0) is 18.3. The molecule has 2 aromatic heterocycles. The van der Waals surface area contributed by atoms with E-state index in [1.54, 1.807) is 12.4 Å². The summed E-state index contributed by atoms with van der Waals surface area (Å²) in [6.45, 7) is 8.42. The molecule has 0 aliphatic carbocycles. The molecule has 0 saturated heterocycles. The molecule has 2 aromatic rings. The van der Waals surface area contributed by atoms with Gasteiger partial charge < -0.3 is 5.32 Å². The van der Waals surface area contributed by atoms with Gasteiger partial charge in [-0.25, -0.2) is 0 Å². The van der Waals surface area contributed by atoms with Crippen LogP contribution in [-0.4, -0.2) is 73.1 Å². The fourth-order valence-corrected chi connectivity index (χ4v) is 2.37. The predicted octanol–water partition coefficient (Wildman–Crippen LogP) is 1.93. The lowest BCUT2D eigenvalue weighted by molar-refractivity contribution is 0.289. The van der Waals surface area contributed by atoms with Crippen LogP contribution in [0, 0.1) is 0 Å². The Bertz CT molecular complexity index is 588. The summed E-state index contributed by atoms with van der Waals surface area (Å²) in [6.07, 6.45) is 7.23. The first-order chi connectivity index (χ1) is 12.9. The highest BCUT2D eigenvalue weighted by Crippen LogP contribution is 1.93. The van der Waals surface area contributed by atoms with Crippen LogP contribution in [0.15, 0.2) is 58.8 Å². The standard InChI is InChI=1S/C20H28N6/c1-2-21-11-14-26(15-12-22-17-19-7-3-5-9-24-19)16-13-23-18-20-8-4-6-10-25-20/h3-10,17-18,21H,2,11-16H2,1H3. The molecule has 138 valence electrons. The molecule has 0 radical (unpaired) electrons. The van der Waals surface area contributed by atoms with Gasteiger partial charge >= 0.3 is 0 Å². The van der Waals surface area contributed by atoms with E-state index in [9.17, 15) is 0 Å². The Morgan fingerprint density at radius 2 is 1.46 bits per heavy atom. The van der Waals surface area contributed by atoms with Crippen LogP contribution in [0.5, 0.6) is 0 Å². The summed E-state index contributed by atoms with van der Waals surface area (Å²) in [6, 6.07) is 11.7. The van der Waals surface area contributed by atoms with Gasteiger partial charge in [0.05, 0.1) is 24.5 Å². The van der Waals surface area contributed by atoms with E-state index in [4.69, 9.17) is 0 Å². The molecule has 0 unspecified atom stereocenters. The second-order valence-electron chi connectivity index (χ2n) is 5.77. The molecule has 0 spiro atoms. The van der Waals surface area contributed by atoms with Crippen molar-refractivity contribution in [3.8, 4) is 0 Å².